The Hall–Kier alpha value is -2.13. The molecule has 0 saturated carbocycles. The van der Waals surface area contributed by atoms with Crippen molar-refractivity contribution in [2.45, 2.75) is 0 Å². The van der Waals surface area contributed by atoms with Gasteiger partial charge in [-0.2, -0.15) is 0 Å². The molecule has 2 N–H and O–H groups in total. The Labute approximate surface area is 147 Å². The molecule has 23 heavy (non-hydrogen) atoms. The van der Waals surface area contributed by atoms with Gasteiger partial charge in [-0.1, -0.05) is 0 Å². The van der Waals surface area contributed by atoms with Gasteiger partial charge in [0, 0.05) is 26.8 Å². The Balaban J connectivity index is 2.51. The molecule has 0 spiro atoms. The molecular formula is C14H10Br2N2O5. The summed E-state index contributed by atoms with van der Waals surface area (Å²) in [6.07, 6.45) is 1.27. The van der Waals surface area contributed by atoms with Crippen molar-refractivity contribution in [2.75, 3.05) is 7.11 Å². The van der Waals surface area contributed by atoms with Gasteiger partial charge in [0.2, 0.25) is 0 Å². The third kappa shape index (κ3) is 3.80. The number of nitro benzene ring substituents is 1. The summed E-state index contributed by atoms with van der Waals surface area (Å²) in [6, 6.07) is 5.21. The highest BCUT2D eigenvalue weighted by molar-refractivity contribution is 9.11. The summed E-state index contributed by atoms with van der Waals surface area (Å²) in [6.45, 7) is 0. The molecule has 120 valence electrons. The van der Waals surface area contributed by atoms with Gasteiger partial charge in [-0.15, -0.1) is 0 Å². The van der Waals surface area contributed by atoms with E-state index in [0.717, 1.165) is 6.07 Å². The van der Waals surface area contributed by atoms with E-state index in [-0.39, 0.29) is 28.5 Å². The van der Waals surface area contributed by atoms with Crippen molar-refractivity contribution in [1.29, 1.82) is 0 Å². The number of aliphatic imine (C=N–C) groups is 1. The van der Waals surface area contributed by atoms with E-state index in [0.29, 0.717) is 14.6 Å². The maximum Gasteiger partial charge on any atom is 0.274 e. The summed E-state index contributed by atoms with van der Waals surface area (Å²) in [5, 5.41) is 30.5. The van der Waals surface area contributed by atoms with Crippen LogP contribution in [0.2, 0.25) is 0 Å². The number of aromatic hydroxyl groups is 2. The van der Waals surface area contributed by atoms with Crippen LogP contribution in [-0.4, -0.2) is 28.5 Å². The van der Waals surface area contributed by atoms with Crippen LogP contribution in [0.25, 0.3) is 0 Å². The van der Waals surface area contributed by atoms with Crippen molar-refractivity contribution in [1.82, 2.24) is 0 Å². The van der Waals surface area contributed by atoms with Gasteiger partial charge in [-0.3, -0.25) is 15.1 Å². The summed E-state index contributed by atoms with van der Waals surface area (Å²) in [5.41, 5.74) is 0.348. The molecule has 0 aromatic heterocycles. The first-order valence-electron chi connectivity index (χ1n) is 6.11. The molecule has 2 aromatic rings. The normalized spacial score (nSPS) is 10.9. The van der Waals surface area contributed by atoms with Crippen LogP contribution in [0.4, 0.5) is 11.4 Å². The molecule has 0 radical (unpaired) electrons. The maximum atomic E-state index is 10.9. The van der Waals surface area contributed by atoms with Gasteiger partial charge in [0.25, 0.3) is 5.69 Å². The van der Waals surface area contributed by atoms with Gasteiger partial charge in [-0.25, -0.2) is 0 Å². The van der Waals surface area contributed by atoms with Crippen LogP contribution in [0.1, 0.15) is 5.56 Å². The second-order valence-electron chi connectivity index (χ2n) is 4.36. The Morgan fingerprint density at radius 1 is 1.22 bits per heavy atom. The van der Waals surface area contributed by atoms with Gasteiger partial charge in [-0.05, 0) is 44.0 Å². The number of hydrogen-bond donors (Lipinski definition) is 2. The lowest BCUT2D eigenvalue weighted by molar-refractivity contribution is -0.385. The third-order valence-electron chi connectivity index (χ3n) is 2.85. The minimum Gasteiger partial charge on any atom is -0.508 e. The Kier molecular flexibility index (Phi) is 5.22. The van der Waals surface area contributed by atoms with Crippen molar-refractivity contribution < 1.29 is 19.9 Å². The zero-order chi connectivity index (χ0) is 17.1. The summed E-state index contributed by atoms with van der Waals surface area (Å²) in [4.78, 5) is 14.5. The Morgan fingerprint density at radius 2 is 1.83 bits per heavy atom. The van der Waals surface area contributed by atoms with E-state index in [4.69, 9.17) is 4.74 Å². The van der Waals surface area contributed by atoms with Gasteiger partial charge < -0.3 is 14.9 Å². The average molecular weight is 446 g/mol. The highest BCUT2D eigenvalue weighted by atomic mass is 79.9. The Morgan fingerprint density at radius 3 is 2.35 bits per heavy atom. The minimum absolute atomic E-state index is 0.0236. The van der Waals surface area contributed by atoms with Crippen LogP contribution in [-0.2, 0) is 0 Å². The molecule has 0 amide bonds. The van der Waals surface area contributed by atoms with Crippen LogP contribution < -0.4 is 4.74 Å². The van der Waals surface area contributed by atoms with E-state index < -0.39 is 4.92 Å². The van der Waals surface area contributed by atoms with Crippen molar-refractivity contribution in [2.24, 2.45) is 4.99 Å². The molecule has 0 bridgehead atoms. The zero-order valence-electron chi connectivity index (χ0n) is 11.7. The molecule has 2 aromatic carbocycles. The maximum absolute atomic E-state index is 10.9. The first-order valence-corrected chi connectivity index (χ1v) is 7.69. The van der Waals surface area contributed by atoms with Gasteiger partial charge in [0.1, 0.15) is 5.75 Å². The largest absolute Gasteiger partial charge is 0.508 e. The van der Waals surface area contributed by atoms with Crippen LogP contribution in [0, 0.1) is 10.1 Å². The summed E-state index contributed by atoms with van der Waals surface area (Å²) in [5.74, 6) is -0.236. The second-order valence-corrected chi connectivity index (χ2v) is 6.07. The number of phenols is 2. The van der Waals surface area contributed by atoms with Crippen LogP contribution >= 0.6 is 31.9 Å². The average Bonchev–Trinajstić information content (AvgIpc) is 2.47. The fourth-order valence-corrected chi connectivity index (χ4v) is 3.15. The first kappa shape index (κ1) is 17.2. The van der Waals surface area contributed by atoms with Gasteiger partial charge >= 0.3 is 0 Å². The molecule has 0 unspecified atom stereocenters. The number of halogens is 2. The van der Waals surface area contributed by atoms with Crippen LogP contribution in [0.3, 0.4) is 0 Å². The molecule has 0 atom stereocenters. The number of nitrogens with zero attached hydrogens (tertiary/aromatic N) is 2. The predicted molar refractivity (Wildman–Crippen MR) is 92.1 cm³/mol. The molecule has 7 nitrogen and oxygen atoms in total. The summed E-state index contributed by atoms with van der Waals surface area (Å²) < 4.78 is 5.95. The summed E-state index contributed by atoms with van der Waals surface area (Å²) >= 11 is 6.51. The molecule has 0 saturated heterocycles. The molecule has 0 fully saturated rings. The minimum atomic E-state index is -0.592. The number of non-ortho nitro benzene ring substituents is 1. The van der Waals surface area contributed by atoms with Gasteiger partial charge in [0.05, 0.1) is 23.8 Å². The van der Waals surface area contributed by atoms with Gasteiger partial charge in [0.15, 0.2) is 11.5 Å². The topological polar surface area (TPSA) is 105 Å². The Bertz CT molecular complexity index is 785. The lowest BCUT2D eigenvalue weighted by atomic mass is 10.1. The van der Waals surface area contributed by atoms with E-state index in [2.05, 4.69) is 36.9 Å². The van der Waals surface area contributed by atoms with E-state index in [9.17, 15) is 20.3 Å². The van der Waals surface area contributed by atoms with Crippen molar-refractivity contribution in [3.8, 4) is 17.2 Å². The lowest BCUT2D eigenvalue weighted by Crippen LogP contribution is -1.94. The zero-order valence-corrected chi connectivity index (χ0v) is 14.8. The number of hydrogen-bond acceptors (Lipinski definition) is 6. The first-order chi connectivity index (χ1) is 10.8. The second kappa shape index (κ2) is 6.97. The molecule has 0 aliphatic heterocycles. The number of ether oxygens (including phenoxy) is 1. The SMILES string of the molecule is COc1cc([N+](=O)[O-])cc(C=Nc2c(Br)cc(O)cc2Br)c1O. The van der Waals surface area contributed by atoms with E-state index in [1.54, 1.807) is 0 Å². The lowest BCUT2D eigenvalue weighted by Gasteiger charge is -2.07. The fraction of sp³-hybridized carbons (Fsp3) is 0.0714. The number of benzene rings is 2. The van der Waals surface area contributed by atoms with E-state index in [1.165, 1.54) is 31.5 Å². The fourth-order valence-electron chi connectivity index (χ4n) is 1.78. The number of phenolic OH excluding ortho intramolecular Hbond substituents is 2. The smallest absolute Gasteiger partial charge is 0.274 e. The highest BCUT2D eigenvalue weighted by Crippen LogP contribution is 2.38. The predicted octanol–water partition coefficient (Wildman–Crippen LogP) is 4.29. The van der Waals surface area contributed by atoms with Crippen LogP contribution in [0.5, 0.6) is 17.2 Å². The van der Waals surface area contributed by atoms with Crippen molar-refractivity contribution >= 4 is 49.4 Å². The molecule has 9 heteroatoms. The summed E-state index contributed by atoms with van der Waals surface area (Å²) in [7, 11) is 1.30. The number of nitro groups is 1. The van der Waals surface area contributed by atoms with E-state index in [1.807, 2.05) is 0 Å². The van der Waals surface area contributed by atoms with Crippen LogP contribution in [0.15, 0.2) is 38.2 Å². The molecule has 0 heterocycles. The van der Waals surface area contributed by atoms with Crippen molar-refractivity contribution in [3.05, 3.63) is 48.9 Å². The molecule has 2 rings (SSSR count). The standard InChI is InChI=1S/C14H10Br2N2O5/c1-23-12-3-8(18(21)22)2-7(14(12)20)6-17-13-10(15)4-9(19)5-11(13)16/h2-6,19-20H,1H3. The molecular weight excluding hydrogens is 436 g/mol. The quantitative estimate of drug-likeness (QED) is 0.414. The number of rotatable bonds is 4. The van der Waals surface area contributed by atoms with E-state index >= 15 is 0 Å². The monoisotopic (exact) mass is 444 g/mol. The third-order valence-corrected chi connectivity index (χ3v) is 4.06. The molecule has 0 aliphatic rings. The molecule has 0 aliphatic carbocycles. The number of methoxy groups -OCH3 is 1. The highest BCUT2D eigenvalue weighted by Gasteiger charge is 2.16. The van der Waals surface area contributed by atoms with Crippen molar-refractivity contribution in [3.63, 3.8) is 0 Å².